The molecule has 4 aromatic heterocycles. The first-order valence-corrected chi connectivity index (χ1v) is 19.8. The summed E-state index contributed by atoms with van der Waals surface area (Å²) >= 11 is 1.78. The molecule has 0 N–H and O–H groups in total. The van der Waals surface area contributed by atoms with Crippen LogP contribution in [0.15, 0.2) is 186 Å². The molecule has 0 spiro atoms. The van der Waals surface area contributed by atoms with E-state index in [1.54, 1.807) is 11.3 Å². The molecule has 0 saturated heterocycles. The number of furan rings is 1. The second kappa shape index (κ2) is 12.6. The highest BCUT2D eigenvalue weighted by Crippen LogP contribution is 2.45. The maximum absolute atomic E-state index is 6.59. The highest BCUT2D eigenvalue weighted by Gasteiger charge is 2.20. The van der Waals surface area contributed by atoms with E-state index in [-0.39, 0.29) is 0 Å². The smallest absolute Gasteiger partial charge is 0.165 e. The maximum atomic E-state index is 6.59. The normalized spacial score (nSPS) is 11.9. The van der Waals surface area contributed by atoms with Gasteiger partial charge in [-0.1, -0.05) is 127 Å². The molecule has 6 heteroatoms. The molecule has 0 bridgehead atoms. The van der Waals surface area contributed by atoms with Crippen LogP contribution in [0.25, 0.3) is 115 Å². The second-order valence-corrected chi connectivity index (χ2v) is 15.4. The maximum Gasteiger partial charge on any atom is 0.165 e. The van der Waals surface area contributed by atoms with E-state index in [0.717, 1.165) is 60.1 Å². The molecule has 4 heterocycles. The van der Waals surface area contributed by atoms with E-state index in [1.807, 2.05) is 60.7 Å². The molecule has 0 fully saturated rings. The Bertz CT molecular complexity index is 3420. The highest BCUT2D eigenvalue weighted by atomic mass is 32.1. The summed E-state index contributed by atoms with van der Waals surface area (Å²) in [6.07, 6.45) is 0. The number of fused-ring (bicyclic) bond motifs is 9. The Balaban J connectivity index is 0.997. The standard InChI is InChI=1S/C51H30N4OS/c1-3-13-31(14-4-1)49-52-50(32-15-5-2-6-16-32)54-51(53-49)40-21-11-20-39-47-35(19-12-24-46(47)57-48(39)40)33-25-27-38-41-30-34(26-28-44(41)56-45(38)29-33)55-42-22-9-7-17-36(42)37-18-8-10-23-43(37)55/h1-30H. The zero-order valence-corrected chi connectivity index (χ0v) is 31.2. The fourth-order valence-electron chi connectivity index (χ4n) is 8.47. The molecular formula is C51H30N4OS. The molecule has 266 valence electrons. The number of aromatic nitrogens is 4. The van der Waals surface area contributed by atoms with Gasteiger partial charge in [0.25, 0.3) is 0 Å². The molecule has 12 aromatic rings. The zero-order valence-electron chi connectivity index (χ0n) is 30.4. The van der Waals surface area contributed by atoms with Crippen LogP contribution >= 0.6 is 11.3 Å². The lowest BCUT2D eigenvalue weighted by molar-refractivity contribution is 0.669. The number of thiophene rings is 1. The van der Waals surface area contributed by atoms with Gasteiger partial charge in [-0.2, -0.15) is 0 Å². The van der Waals surface area contributed by atoms with E-state index in [2.05, 4.69) is 126 Å². The Morgan fingerprint density at radius 2 is 1.02 bits per heavy atom. The van der Waals surface area contributed by atoms with Gasteiger partial charge in [-0.05, 0) is 65.7 Å². The molecule has 12 rings (SSSR count). The Kier molecular flexibility index (Phi) is 7.03. The van der Waals surface area contributed by atoms with Gasteiger partial charge in [-0.25, -0.2) is 15.0 Å². The van der Waals surface area contributed by atoms with Crippen molar-refractivity contribution in [2.45, 2.75) is 0 Å². The van der Waals surface area contributed by atoms with Crippen LogP contribution in [0, 0.1) is 0 Å². The number of para-hydroxylation sites is 2. The summed E-state index contributed by atoms with van der Waals surface area (Å²) in [6, 6.07) is 63.7. The Morgan fingerprint density at radius 1 is 0.404 bits per heavy atom. The molecule has 0 unspecified atom stereocenters. The molecule has 8 aromatic carbocycles. The predicted octanol–water partition coefficient (Wildman–Crippen LogP) is 13.9. The largest absolute Gasteiger partial charge is 0.456 e. The van der Waals surface area contributed by atoms with Crippen molar-refractivity contribution in [3.63, 3.8) is 0 Å². The van der Waals surface area contributed by atoms with Crippen molar-refractivity contribution in [3.8, 4) is 51.0 Å². The third-order valence-corrected chi connectivity index (χ3v) is 12.3. The summed E-state index contributed by atoms with van der Waals surface area (Å²) in [4.78, 5) is 15.1. The first-order valence-electron chi connectivity index (χ1n) is 19.0. The van der Waals surface area contributed by atoms with Crippen LogP contribution in [-0.2, 0) is 0 Å². The molecule has 0 aliphatic rings. The Morgan fingerprint density at radius 3 is 1.74 bits per heavy atom. The van der Waals surface area contributed by atoms with Crippen molar-refractivity contribution in [2.24, 2.45) is 0 Å². The number of benzene rings is 8. The lowest BCUT2D eigenvalue weighted by Gasteiger charge is -2.09. The van der Waals surface area contributed by atoms with Crippen LogP contribution in [-0.4, -0.2) is 19.5 Å². The van der Waals surface area contributed by atoms with Gasteiger partial charge in [0.15, 0.2) is 17.5 Å². The third kappa shape index (κ3) is 5.04. The quantitative estimate of drug-likeness (QED) is 0.176. The van der Waals surface area contributed by atoms with E-state index in [0.29, 0.717) is 17.5 Å². The molecular weight excluding hydrogens is 717 g/mol. The fourth-order valence-corrected chi connectivity index (χ4v) is 9.70. The monoisotopic (exact) mass is 746 g/mol. The van der Waals surface area contributed by atoms with Gasteiger partial charge in [-0.3, -0.25) is 0 Å². The number of nitrogens with zero attached hydrogens (tertiary/aromatic N) is 4. The lowest BCUT2D eigenvalue weighted by atomic mass is 9.97. The van der Waals surface area contributed by atoms with E-state index in [9.17, 15) is 0 Å². The highest BCUT2D eigenvalue weighted by molar-refractivity contribution is 7.26. The SMILES string of the molecule is c1ccc(-c2nc(-c3ccccc3)nc(-c3cccc4c3sc3cccc(-c5ccc6c(c5)oc5ccc(-n7c8ccccc8c8ccccc87)cc56)c34)n2)cc1. The second-order valence-electron chi connectivity index (χ2n) is 14.4. The zero-order chi connectivity index (χ0) is 37.5. The summed E-state index contributed by atoms with van der Waals surface area (Å²) in [5.74, 6) is 1.96. The van der Waals surface area contributed by atoms with Gasteiger partial charge in [0, 0.05) is 64.1 Å². The van der Waals surface area contributed by atoms with Gasteiger partial charge in [0.05, 0.1) is 11.0 Å². The van der Waals surface area contributed by atoms with Crippen molar-refractivity contribution >= 4 is 75.3 Å². The summed E-state index contributed by atoms with van der Waals surface area (Å²) in [5.41, 5.74) is 10.4. The topological polar surface area (TPSA) is 56.7 Å². The number of hydrogen-bond donors (Lipinski definition) is 0. The van der Waals surface area contributed by atoms with Crippen LogP contribution < -0.4 is 0 Å². The Hall–Kier alpha value is -7.41. The minimum atomic E-state index is 0.652. The summed E-state index contributed by atoms with van der Waals surface area (Å²) in [7, 11) is 0. The van der Waals surface area contributed by atoms with E-state index in [4.69, 9.17) is 19.4 Å². The van der Waals surface area contributed by atoms with Gasteiger partial charge in [0.1, 0.15) is 11.2 Å². The van der Waals surface area contributed by atoms with E-state index < -0.39 is 0 Å². The van der Waals surface area contributed by atoms with Crippen LogP contribution in [0.1, 0.15) is 0 Å². The van der Waals surface area contributed by atoms with Gasteiger partial charge in [0.2, 0.25) is 0 Å². The molecule has 5 nitrogen and oxygen atoms in total. The van der Waals surface area contributed by atoms with Crippen molar-refractivity contribution in [1.82, 2.24) is 19.5 Å². The van der Waals surface area contributed by atoms with Crippen LogP contribution in [0.2, 0.25) is 0 Å². The van der Waals surface area contributed by atoms with E-state index in [1.165, 1.54) is 37.3 Å². The van der Waals surface area contributed by atoms with Gasteiger partial charge >= 0.3 is 0 Å². The van der Waals surface area contributed by atoms with Crippen LogP contribution in [0.4, 0.5) is 0 Å². The number of hydrogen-bond acceptors (Lipinski definition) is 5. The van der Waals surface area contributed by atoms with Crippen LogP contribution in [0.3, 0.4) is 0 Å². The number of rotatable bonds is 5. The van der Waals surface area contributed by atoms with Gasteiger partial charge < -0.3 is 8.98 Å². The van der Waals surface area contributed by atoms with Crippen molar-refractivity contribution < 1.29 is 4.42 Å². The average molecular weight is 747 g/mol. The Labute approximate surface area is 330 Å². The third-order valence-electron chi connectivity index (χ3n) is 11.1. The van der Waals surface area contributed by atoms with Crippen molar-refractivity contribution in [3.05, 3.63) is 182 Å². The minimum absolute atomic E-state index is 0.652. The lowest BCUT2D eigenvalue weighted by Crippen LogP contribution is -2.00. The average Bonchev–Trinajstić information content (AvgIpc) is 3.96. The minimum Gasteiger partial charge on any atom is -0.456 e. The first-order chi connectivity index (χ1) is 28.2. The predicted molar refractivity (Wildman–Crippen MR) is 236 cm³/mol. The van der Waals surface area contributed by atoms with Crippen molar-refractivity contribution in [2.75, 3.05) is 0 Å². The van der Waals surface area contributed by atoms with E-state index >= 15 is 0 Å². The molecule has 0 radical (unpaired) electrons. The fraction of sp³-hybridized carbons (Fsp3) is 0. The summed E-state index contributed by atoms with van der Waals surface area (Å²) < 4.78 is 11.3. The molecule has 0 aliphatic carbocycles. The van der Waals surface area contributed by atoms with Gasteiger partial charge in [-0.15, -0.1) is 11.3 Å². The molecule has 0 aliphatic heterocycles. The molecule has 57 heavy (non-hydrogen) atoms. The molecule has 0 atom stereocenters. The molecule has 0 amide bonds. The summed E-state index contributed by atoms with van der Waals surface area (Å²) in [5, 5.41) is 7.08. The summed E-state index contributed by atoms with van der Waals surface area (Å²) in [6.45, 7) is 0. The molecule has 0 saturated carbocycles. The van der Waals surface area contributed by atoms with Crippen LogP contribution in [0.5, 0.6) is 0 Å². The first kappa shape index (κ1) is 31.9. The van der Waals surface area contributed by atoms with Crippen molar-refractivity contribution in [1.29, 1.82) is 0 Å².